The smallest absolute Gasteiger partial charge is 0.136 e. The Bertz CT molecular complexity index is 3450. The van der Waals surface area contributed by atoms with E-state index in [1.807, 2.05) is 36.4 Å². The van der Waals surface area contributed by atoms with E-state index in [1.54, 1.807) is 6.07 Å². The molecule has 0 aliphatic heterocycles. The van der Waals surface area contributed by atoms with Crippen LogP contribution in [-0.2, 0) is 0 Å². The molecule has 0 saturated heterocycles. The first-order valence-corrected chi connectivity index (χ1v) is 14.6. The van der Waals surface area contributed by atoms with Gasteiger partial charge in [0.25, 0.3) is 0 Å². The third-order valence-corrected chi connectivity index (χ3v) is 7.93. The van der Waals surface area contributed by atoms with Crippen molar-refractivity contribution in [3.8, 4) is 55.6 Å². The number of hydrogen-bond acceptors (Lipinski definition) is 1. The van der Waals surface area contributed by atoms with Crippen LogP contribution in [0.3, 0.4) is 0 Å². The summed E-state index contributed by atoms with van der Waals surface area (Å²) in [6.07, 6.45) is 0. The first kappa shape index (κ1) is 14.5. The minimum absolute atomic E-state index is 0.00217. The van der Waals surface area contributed by atoms with Gasteiger partial charge in [0.1, 0.15) is 11.2 Å². The quantitative estimate of drug-likeness (QED) is 0.187. The molecule has 0 saturated carbocycles. The molecule has 0 atom stereocenters. The first-order chi connectivity index (χ1) is 30.7. The second kappa shape index (κ2) is 11.3. The predicted octanol–water partition coefficient (Wildman–Crippen LogP) is 13.1. The fraction of sp³-hybridized carbons (Fsp3) is 0. The van der Waals surface area contributed by atoms with Crippen LogP contribution in [0.2, 0.25) is 0 Å². The highest BCUT2D eigenvalue weighted by atomic mass is 16.3. The van der Waals surface area contributed by atoms with E-state index in [0.29, 0.717) is 5.56 Å². The van der Waals surface area contributed by atoms with Crippen LogP contribution in [0.1, 0.15) is 24.7 Å². The Hall–Kier alpha value is -6.18. The van der Waals surface area contributed by atoms with Crippen LogP contribution < -0.4 is 0 Å². The van der Waals surface area contributed by atoms with Crippen molar-refractivity contribution in [3.05, 3.63) is 182 Å². The summed E-state index contributed by atoms with van der Waals surface area (Å²) in [6.45, 7) is 0. The molecule has 8 aromatic carbocycles. The molecule has 0 aliphatic rings. The van der Waals surface area contributed by atoms with Crippen LogP contribution in [0.5, 0.6) is 0 Å². The SMILES string of the molecule is [2H]c1cc2c(oc3c([2H])cc([2H])c(-c4c([2H])c([2H])c([2H])c(-c5cc(-c6c([2H])c([2H])c([2H])c([2H])c6[2H])cc(-c6c([2H])c([2H])c([2H])c([2H])c6[2H])c5)c4[2H])c32)c([2H])c1-c1ccc2ccccc2c1. The lowest BCUT2D eigenvalue weighted by atomic mass is 9.91. The summed E-state index contributed by atoms with van der Waals surface area (Å²) >= 11 is 0. The summed E-state index contributed by atoms with van der Waals surface area (Å²) < 4.78 is 165. The lowest BCUT2D eigenvalue weighted by Gasteiger charge is -2.13. The Labute approximate surface area is 299 Å². The van der Waals surface area contributed by atoms with Crippen molar-refractivity contribution in [1.82, 2.24) is 0 Å². The van der Waals surface area contributed by atoms with Crippen LogP contribution in [-0.4, -0.2) is 0 Å². The largest absolute Gasteiger partial charge is 0.456 e. The highest BCUT2D eigenvalue weighted by Crippen LogP contribution is 2.40. The Kier molecular flexibility index (Phi) is 3.49. The average Bonchev–Trinajstić information content (AvgIpc) is 3.66. The highest BCUT2D eigenvalue weighted by Gasteiger charge is 2.15. The molecule has 9 rings (SSSR count). The molecule has 0 unspecified atom stereocenters. The minimum atomic E-state index is -0.722. The van der Waals surface area contributed by atoms with Gasteiger partial charge in [0.2, 0.25) is 0 Å². The standard InChI is InChI=1S/C46H30O/c1-3-11-31(12-4-1)39-27-40(32-13-5-2-6-14-32)29-41(28-39)35-17-9-18-38(26-35)42-19-10-20-44-46(42)43-24-23-37(30-45(43)47-44)36-22-21-33-15-7-8-16-34(33)25-36/h1-30H/i1D,2D,3D,4D,5D,6D,9D,11D,12D,13D,14D,17D,18D,19D,20D,23D,26D,30D. The van der Waals surface area contributed by atoms with Crippen molar-refractivity contribution in [1.29, 1.82) is 0 Å². The number of benzene rings is 8. The molecule has 1 heterocycles. The summed E-state index contributed by atoms with van der Waals surface area (Å²) in [6, 6.07) is 9.06. The molecule has 47 heavy (non-hydrogen) atoms. The van der Waals surface area contributed by atoms with Crippen molar-refractivity contribution < 1.29 is 29.1 Å². The summed E-state index contributed by atoms with van der Waals surface area (Å²) in [5.74, 6) is 0. The second-order valence-corrected chi connectivity index (χ2v) is 10.8. The zero-order valence-corrected chi connectivity index (χ0v) is 24.3. The monoisotopic (exact) mass is 616 g/mol. The molecule has 0 spiro atoms. The third kappa shape index (κ3) is 4.99. The molecular formula is C46H30O. The maximum absolute atomic E-state index is 9.72. The lowest BCUT2D eigenvalue weighted by Crippen LogP contribution is -1.87. The van der Waals surface area contributed by atoms with Gasteiger partial charge >= 0.3 is 0 Å². The van der Waals surface area contributed by atoms with Crippen LogP contribution in [0.15, 0.2) is 186 Å². The number of hydrogen-bond donors (Lipinski definition) is 0. The van der Waals surface area contributed by atoms with E-state index < -0.39 is 84.6 Å². The first-order valence-electron chi connectivity index (χ1n) is 23.6. The van der Waals surface area contributed by atoms with E-state index in [9.17, 15) is 5.48 Å². The summed E-state index contributed by atoms with van der Waals surface area (Å²) in [5, 5.41) is 1.93. The Balaban J connectivity index is 1.36. The zero-order valence-electron chi connectivity index (χ0n) is 42.3. The Morgan fingerprint density at radius 2 is 1.02 bits per heavy atom. The van der Waals surface area contributed by atoms with Gasteiger partial charge in [-0.2, -0.15) is 0 Å². The molecule has 220 valence electrons. The topological polar surface area (TPSA) is 13.1 Å². The molecule has 0 radical (unpaired) electrons. The van der Waals surface area contributed by atoms with Crippen LogP contribution >= 0.6 is 0 Å². The van der Waals surface area contributed by atoms with Crippen LogP contribution in [0, 0.1) is 0 Å². The summed E-state index contributed by atoms with van der Waals surface area (Å²) in [7, 11) is 0. The van der Waals surface area contributed by atoms with E-state index in [1.165, 1.54) is 24.3 Å². The summed E-state index contributed by atoms with van der Waals surface area (Å²) in [5.41, 5.74) is -1.39. The van der Waals surface area contributed by atoms with Gasteiger partial charge < -0.3 is 4.42 Å². The van der Waals surface area contributed by atoms with Gasteiger partial charge in [-0.1, -0.05) is 133 Å². The maximum atomic E-state index is 9.72. The molecule has 0 bridgehead atoms. The zero-order chi connectivity index (χ0) is 46.8. The molecule has 1 nitrogen and oxygen atoms in total. The molecule has 0 fully saturated rings. The molecule has 9 aromatic rings. The van der Waals surface area contributed by atoms with Crippen LogP contribution in [0.25, 0.3) is 88.3 Å². The fourth-order valence-electron chi connectivity index (χ4n) is 5.72. The van der Waals surface area contributed by atoms with Crippen LogP contribution in [0.4, 0.5) is 0 Å². The van der Waals surface area contributed by atoms with Gasteiger partial charge in [-0.15, -0.1) is 0 Å². The minimum Gasteiger partial charge on any atom is -0.456 e. The van der Waals surface area contributed by atoms with Crippen molar-refractivity contribution in [2.45, 2.75) is 0 Å². The Morgan fingerprint density at radius 1 is 0.383 bits per heavy atom. The predicted molar refractivity (Wildman–Crippen MR) is 198 cm³/mol. The normalized spacial score (nSPS) is 16.8. The van der Waals surface area contributed by atoms with Gasteiger partial charge in [0.05, 0.1) is 24.7 Å². The molecule has 0 amide bonds. The van der Waals surface area contributed by atoms with E-state index in [0.717, 1.165) is 16.8 Å². The third-order valence-electron chi connectivity index (χ3n) is 7.93. The van der Waals surface area contributed by atoms with Gasteiger partial charge in [-0.05, 0) is 115 Å². The molecule has 0 aliphatic carbocycles. The van der Waals surface area contributed by atoms with Gasteiger partial charge in [-0.3, -0.25) is 0 Å². The number of fused-ring (bicyclic) bond motifs is 4. The second-order valence-electron chi connectivity index (χ2n) is 10.8. The van der Waals surface area contributed by atoms with Gasteiger partial charge in [0, 0.05) is 10.8 Å². The van der Waals surface area contributed by atoms with E-state index in [4.69, 9.17) is 23.6 Å². The fourth-order valence-corrected chi connectivity index (χ4v) is 5.72. The summed E-state index contributed by atoms with van der Waals surface area (Å²) in [4.78, 5) is 0. The highest BCUT2D eigenvalue weighted by molar-refractivity contribution is 6.13. The molecule has 1 heteroatoms. The number of furan rings is 1. The maximum Gasteiger partial charge on any atom is 0.136 e. The van der Waals surface area contributed by atoms with Gasteiger partial charge in [-0.25, -0.2) is 0 Å². The van der Waals surface area contributed by atoms with Crippen molar-refractivity contribution in [3.63, 3.8) is 0 Å². The molecule has 0 N–H and O–H groups in total. The van der Waals surface area contributed by atoms with Crippen molar-refractivity contribution in [2.24, 2.45) is 0 Å². The van der Waals surface area contributed by atoms with E-state index in [-0.39, 0.29) is 96.2 Å². The van der Waals surface area contributed by atoms with Crippen molar-refractivity contribution >= 4 is 32.7 Å². The Morgan fingerprint density at radius 3 is 1.77 bits per heavy atom. The molecule has 1 aromatic heterocycles. The molecular weight excluding hydrogens is 569 g/mol. The lowest BCUT2D eigenvalue weighted by molar-refractivity contribution is 0.669. The van der Waals surface area contributed by atoms with Gasteiger partial charge in [0.15, 0.2) is 0 Å². The van der Waals surface area contributed by atoms with E-state index >= 15 is 0 Å². The number of rotatable bonds is 5. The van der Waals surface area contributed by atoms with Crippen molar-refractivity contribution in [2.75, 3.05) is 0 Å². The average molecular weight is 617 g/mol. The van der Waals surface area contributed by atoms with E-state index in [2.05, 4.69) is 0 Å².